The molecular weight excluding hydrogens is 1230 g/mol. The van der Waals surface area contributed by atoms with Crippen molar-refractivity contribution in [3.05, 3.63) is 344 Å². The summed E-state index contributed by atoms with van der Waals surface area (Å²) in [6.07, 6.45) is 0. The molecule has 0 radical (unpaired) electrons. The van der Waals surface area contributed by atoms with Crippen LogP contribution in [-0.2, 0) is 0 Å². The Morgan fingerprint density at radius 2 is 0.554 bits per heavy atom. The molecule has 0 atom stereocenters. The molecule has 15 aromatic carbocycles. The Balaban J connectivity index is 0.831. The van der Waals surface area contributed by atoms with Crippen molar-refractivity contribution < 1.29 is 0 Å². The fourth-order valence-corrected chi connectivity index (χ4v) is 17.0. The third-order valence-electron chi connectivity index (χ3n) is 21.4. The number of hydrogen-bond donors (Lipinski definition) is 0. The van der Waals surface area contributed by atoms with Crippen LogP contribution in [0.15, 0.2) is 322 Å². The van der Waals surface area contributed by atoms with Gasteiger partial charge in [-0.2, -0.15) is 5.26 Å². The SMILES string of the molecule is [C-]#[N+]c1ccc(-n2c3ccc(-n4c5ccccc5c5ccccc54)cc3c3cc(-n4c5ccccc5c5ccccc54)ccc32)cc1-c1cc(-c2ccc(C#N)cc2C)ccc1-n1c2ccc(-n3c4ccccc4c4ccccc43)cc2c2cc(-n3c4ccccc4c4ccccc43)ccc21. The van der Waals surface area contributed by atoms with Gasteiger partial charge in [0.1, 0.15) is 0 Å². The molecule has 21 aromatic rings. The van der Waals surface area contributed by atoms with Gasteiger partial charge in [-0.3, -0.25) is 0 Å². The number of nitriles is 1. The third-order valence-corrected chi connectivity index (χ3v) is 21.4. The minimum Gasteiger partial charge on any atom is -0.309 e. The number of benzene rings is 15. The van der Waals surface area contributed by atoms with E-state index in [0.717, 1.165) is 150 Å². The molecular formula is C93H56N8. The Labute approximate surface area is 579 Å². The van der Waals surface area contributed by atoms with Crippen LogP contribution < -0.4 is 0 Å². The Hall–Kier alpha value is -13.9. The van der Waals surface area contributed by atoms with Crippen molar-refractivity contribution >= 4 is 137 Å². The fraction of sp³-hybridized carbons (Fsp3) is 0.0108. The summed E-state index contributed by atoms with van der Waals surface area (Å²) >= 11 is 0. The first-order chi connectivity index (χ1) is 49.9. The second kappa shape index (κ2) is 21.5. The van der Waals surface area contributed by atoms with Gasteiger partial charge in [0.05, 0.1) is 90.1 Å². The van der Waals surface area contributed by atoms with Gasteiger partial charge in [0, 0.05) is 93.1 Å². The van der Waals surface area contributed by atoms with Crippen molar-refractivity contribution in [2.45, 2.75) is 6.92 Å². The maximum Gasteiger partial charge on any atom is 0.195 e. The van der Waals surface area contributed by atoms with Crippen molar-refractivity contribution in [1.82, 2.24) is 27.4 Å². The summed E-state index contributed by atoms with van der Waals surface area (Å²) in [4.78, 5) is 4.43. The number of aromatic nitrogens is 6. The van der Waals surface area contributed by atoms with Crippen molar-refractivity contribution in [1.29, 1.82) is 5.26 Å². The number of hydrogen-bond acceptors (Lipinski definition) is 1. The van der Waals surface area contributed by atoms with Crippen molar-refractivity contribution in [2.24, 2.45) is 0 Å². The van der Waals surface area contributed by atoms with Crippen LogP contribution in [0.1, 0.15) is 11.1 Å². The topological polar surface area (TPSA) is 57.7 Å². The molecule has 0 unspecified atom stereocenters. The van der Waals surface area contributed by atoms with Gasteiger partial charge in [-0.05, 0) is 192 Å². The van der Waals surface area contributed by atoms with E-state index >= 15 is 0 Å². The van der Waals surface area contributed by atoms with Crippen LogP contribution in [0.4, 0.5) is 5.69 Å². The lowest BCUT2D eigenvalue weighted by molar-refractivity contribution is 1.15. The predicted molar refractivity (Wildman–Crippen MR) is 419 cm³/mol. The molecule has 0 aliphatic rings. The van der Waals surface area contributed by atoms with Gasteiger partial charge in [0.2, 0.25) is 0 Å². The van der Waals surface area contributed by atoms with Gasteiger partial charge < -0.3 is 27.4 Å². The second-order valence-corrected chi connectivity index (χ2v) is 26.6. The maximum absolute atomic E-state index is 10.1. The maximum atomic E-state index is 10.1. The molecule has 0 fully saturated rings. The van der Waals surface area contributed by atoms with Crippen LogP contribution in [-0.4, -0.2) is 27.4 Å². The van der Waals surface area contributed by atoms with Gasteiger partial charge in [0.15, 0.2) is 5.69 Å². The van der Waals surface area contributed by atoms with E-state index in [2.05, 4.69) is 349 Å². The zero-order chi connectivity index (χ0) is 66.7. The standard InChI is InChI=1S/C93H56N8/c1-57-49-58(56-94)35-42-65(57)59-36-44-91(101-92-47-40-63(98-85-31-15-7-23-70(85)71-24-8-16-32-86(71)98)54-78(92)79-55-64(41-48-93(79)101)99-87-33-17-9-25-72(87)73-26-10-18-34-88(73)99)75(50-59)74-51-60(37-43-80(74)95-2)100-89-45-38-61(96-81-27-11-3-19-66(81)67-20-4-12-28-82(67)96)52-76(89)77-53-62(39-46-90(77)100)97-83-29-13-5-21-68(83)69-22-6-14-30-84(69)97/h3-55H,1H3. The van der Waals surface area contributed by atoms with Crippen LogP contribution in [0.5, 0.6) is 0 Å². The highest BCUT2D eigenvalue weighted by Gasteiger charge is 2.25. The van der Waals surface area contributed by atoms with Gasteiger partial charge in [-0.25, -0.2) is 4.85 Å². The summed E-state index contributed by atoms with van der Waals surface area (Å²) in [6.45, 7) is 11.2. The first-order valence-electron chi connectivity index (χ1n) is 34.2. The monoisotopic (exact) mass is 1280 g/mol. The Morgan fingerprint density at radius 1 is 0.257 bits per heavy atom. The first-order valence-corrected chi connectivity index (χ1v) is 34.2. The summed E-state index contributed by atoms with van der Waals surface area (Å²) < 4.78 is 14.4. The van der Waals surface area contributed by atoms with Crippen LogP contribution in [0, 0.1) is 24.8 Å². The molecule has 468 valence electrons. The van der Waals surface area contributed by atoms with Gasteiger partial charge in [-0.15, -0.1) is 0 Å². The smallest absolute Gasteiger partial charge is 0.195 e. The highest BCUT2D eigenvalue weighted by atomic mass is 15.0. The Bertz CT molecular complexity index is 6710. The Kier molecular flexibility index (Phi) is 12.0. The minimum atomic E-state index is 0.523. The molecule has 0 amide bonds. The number of para-hydroxylation sites is 8. The molecule has 0 aliphatic carbocycles. The summed E-state index contributed by atoms with van der Waals surface area (Å²) in [5, 5.41) is 24.1. The molecule has 101 heavy (non-hydrogen) atoms. The van der Waals surface area contributed by atoms with E-state index in [1.165, 1.54) is 43.1 Å². The number of fused-ring (bicyclic) bond motifs is 18. The number of nitrogens with zero attached hydrogens (tertiary/aromatic N) is 8. The van der Waals surface area contributed by atoms with E-state index < -0.39 is 0 Å². The summed E-state index contributed by atoms with van der Waals surface area (Å²) in [7, 11) is 0. The van der Waals surface area contributed by atoms with Crippen LogP contribution in [0.25, 0.3) is 192 Å². The van der Waals surface area contributed by atoms with Crippen molar-refractivity contribution in [3.63, 3.8) is 0 Å². The second-order valence-electron chi connectivity index (χ2n) is 26.6. The van der Waals surface area contributed by atoms with Gasteiger partial charge in [0.25, 0.3) is 0 Å². The lowest BCUT2D eigenvalue weighted by Crippen LogP contribution is -2.01. The third kappa shape index (κ3) is 8.16. The molecule has 6 heterocycles. The summed E-state index contributed by atoms with van der Waals surface area (Å²) in [6, 6.07) is 119. The average Bonchev–Trinajstić information content (AvgIpc) is 1.54. The first kappa shape index (κ1) is 56.3. The molecule has 0 aliphatic heterocycles. The molecule has 8 nitrogen and oxygen atoms in total. The van der Waals surface area contributed by atoms with E-state index in [4.69, 9.17) is 6.57 Å². The molecule has 21 rings (SSSR count). The van der Waals surface area contributed by atoms with Crippen molar-refractivity contribution in [2.75, 3.05) is 0 Å². The van der Waals surface area contributed by atoms with E-state index in [-0.39, 0.29) is 0 Å². The van der Waals surface area contributed by atoms with E-state index in [0.29, 0.717) is 11.3 Å². The molecule has 0 spiro atoms. The normalized spacial score (nSPS) is 12.0. The van der Waals surface area contributed by atoms with E-state index in [9.17, 15) is 5.26 Å². The van der Waals surface area contributed by atoms with E-state index in [1.54, 1.807) is 0 Å². The number of aryl methyl sites for hydroxylation is 1. The molecule has 0 saturated heterocycles. The summed E-state index contributed by atoms with van der Waals surface area (Å²) in [5.41, 5.74) is 25.1. The molecule has 0 N–H and O–H groups in total. The lowest BCUT2D eigenvalue weighted by Gasteiger charge is -2.19. The quantitative estimate of drug-likeness (QED) is 0.140. The zero-order valence-corrected chi connectivity index (χ0v) is 54.7. The zero-order valence-electron chi connectivity index (χ0n) is 54.7. The van der Waals surface area contributed by atoms with Crippen LogP contribution >= 0.6 is 0 Å². The number of rotatable bonds is 8. The van der Waals surface area contributed by atoms with Gasteiger partial charge >= 0.3 is 0 Å². The van der Waals surface area contributed by atoms with Crippen molar-refractivity contribution in [3.8, 4) is 62.4 Å². The molecule has 6 aromatic heterocycles. The minimum absolute atomic E-state index is 0.523. The Morgan fingerprint density at radius 3 is 0.871 bits per heavy atom. The predicted octanol–water partition coefficient (Wildman–Crippen LogP) is 24.3. The highest BCUT2D eigenvalue weighted by Crippen LogP contribution is 2.47. The summed E-state index contributed by atoms with van der Waals surface area (Å²) in [5.74, 6) is 0. The molecule has 0 saturated carbocycles. The highest BCUT2D eigenvalue weighted by molar-refractivity contribution is 6.17. The molecule has 0 bridgehead atoms. The lowest BCUT2D eigenvalue weighted by atomic mass is 9.93. The van der Waals surface area contributed by atoms with Crippen LogP contribution in [0.3, 0.4) is 0 Å². The largest absolute Gasteiger partial charge is 0.309 e. The van der Waals surface area contributed by atoms with Crippen LogP contribution in [0.2, 0.25) is 0 Å². The fourth-order valence-electron chi connectivity index (χ4n) is 17.0. The average molecular weight is 1290 g/mol. The van der Waals surface area contributed by atoms with E-state index in [1.807, 2.05) is 18.2 Å². The van der Waals surface area contributed by atoms with Gasteiger partial charge in [-0.1, -0.05) is 164 Å². The molecule has 8 heteroatoms.